The fourth-order valence-corrected chi connectivity index (χ4v) is 4.12. The average molecular weight is 388 g/mol. The van der Waals surface area contributed by atoms with Crippen LogP contribution in [-0.2, 0) is 6.42 Å². The van der Waals surface area contributed by atoms with Crippen LogP contribution in [-0.4, -0.2) is 36.2 Å². The second kappa shape index (κ2) is 10.2. The molecule has 1 saturated heterocycles. The first kappa shape index (κ1) is 21.0. The van der Waals surface area contributed by atoms with Crippen LogP contribution in [0, 0.1) is 25.6 Å². The van der Waals surface area contributed by atoms with Crippen LogP contribution < -0.4 is 5.32 Å². The Balaban J connectivity index is 1.53. The summed E-state index contributed by atoms with van der Waals surface area (Å²) in [5, 5.41) is 7.72. The summed E-state index contributed by atoms with van der Waals surface area (Å²) in [6.07, 6.45) is 5.73. The fourth-order valence-electron chi connectivity index (χ4n) is 4.12. The van der Waals surface area contributed by atoms with Crippen molar-refractivity contribution in [2.45, 2.75) is 58.9 Å². The minimum atomic E-state index is -0.180. The Kier molecular flexibility index (Phi) is 7.63. The van der Waals surface area contributed by atoms with Crippen LogP contribution in [0.15, 0.2) is 28.8 Å². The molecule has 1 aliphatic heterocycles. The number of aryl methyl sites for hydroxylation is 2. The molecule has 0 amide bonds. The highest BCUT2D eigenvalue weighted by Gasteiger charge is 2.17. The van der Waals surface area contributed by atoms with Gasteiger partial charge in [-0.25, -0.2) is 4.39 Å². The van der Waals surface area contributed by atoms with Crippen molar-refractivity contribution in [2.75, 3.05) is 26.2 Å². The molecule has 1 atom stereocenters. The number of halogens is 1. The number of rotatable bonds is 9. The molecule has 1 N–H and O–H groups in total. The van der Waals surface area contributed by atoms with Gasteiger partial charge in [-0.15, -0.1) is 0 Å². The van der Waals surface area contributed by atoms with Crippen molar-refractivity contribution in [1.29, 1.82) is 0 Å². The first-order valence-corrected chi connectivity index (χ1v) is 10.7. The highest BCUT2D eigenvalue weighted by Crippen LogP contribution is 2.22. The molecular formula is C23H34FN3O. The molecule has 0 bridgehead atoms. The zero-order valence-electron chi connectivity index (χ0n) is 17.5. The van der Waals surface area contributed by atoms with Crippen molar-refractivity contribution in [3.8, 4) is 0 Å². The van der Waals surface area contributed by atoms with E-state index in [9.17, 15) is 4.39 Å². The topological polar surface area (TPSA) is 41.3 Å². The van der Waals surface area contributed by atoms with Crippen LogP contribution in [0.25, 0.3) is 0 Å². The Morgan fingerprint density at radius 2 is 1.93 bits per heavy atom. The molecule has 0 aliphatic carbocycles. The molecule has 1 aromatic carbocycles. The maximum Gasteiger partial charge on any atom is 0.137 e. The van der Waals surface area contributed by atoms with Crippen molar-refractivity contribution in [2.24, 2.45) is 5.92 Å². The van der Waals surface area contributed by atoms with E-state index >= 15 is 0 Å². The standard InChI is InChI=1S/C23H34FN3O/c1-17-11-15-27(16-12-17)14-4-5-23(20-6-8-21(24)9-7-20)25-13-10-22-18(2)26-28-19(22)3/h6-9,17,23,25H,4-5,10-16H2,1-3H3/t23-/m0/s1. The van der Waals surface area contributed by atoms with E-state index in [2.05, 4.69) is 22.3 Å². The molecule has 3 rings (SSSR count). The van der Waals surface area contributed by atoms with E-state index in [4.69, 9.17) is 4.52 Å². The Morgan fingerprint density at radius 3 is 2.57 bits per heavy atom. The van der Waals surface area contributed by atoms with Crippen molar-refractivity contribution >= 4 is 0 Å². The molecule has 2 heterocycles. The van der Waals surface area contributed by atoms with Gasteiger partial charge in [0.25, 0.3) is 0 Å². The number of likely N-dealkylation sites (tertiary alicyclic amines) is 1. The quantitative estimate of drug-likeness (QED) is 0.670. The molecule has 0 saturated carbocycles. The molecule has 0 radical (unpaired) electrons. The second-order valence-corrected chi connectivity index (χ2v) is 8.28. The average Bonchev–Trinajstić information content (AvgIpc) is 3.01. The first-order valence-electron chi connectivity index (χ1n) is 10.7. The van der Waals surface area contributed by atoms with E-state index in [1.807, 2.05) is 26.0 Å². The van der Waals surface area contributed by atoms with E-state index in [0.29, 0.717) is 0 Å². The molecule has 28 heavy (non-hydrogen) atoms. The molecule has 1 aromatic heterocycles. The molecular weight excluding hydrogens is 353 g/mol. The molecule has 5 heteroatoms. The third-order valence-electron chi connectivity index (χ3n) is 6.06. The van der Waals surface area contributed by atoms with E-state index in [0.717, 1.165) is 55.3 Å². The highest BCUT2D eigenvalue weighted by molar-refractivity contribution is 5.22. The summed E-state index contributed by atoms with van der Waals surface area (Å²) in [7, 11) is 0. The number of aromatic nitrogens is 1. The van der Waals surface area contributed by atoms with E-state index in [1.54, 1.807) is 12.1 Å². The number of hydrogen-bond donors (Lipinski definition) is 1. The normalized spacial score (nSPS) is 17.1. The van der Waals surface area contributed by atoms with Gasteiger partial charge < -0.3 is 14.7 Å². The molecule has 154 valence electrons. The van der Waals surface area contributed by atoms with Gasteiger partial charge in [0.2, 0.25) is 0 Å². The van der Waals surface area contributed by atoms with Crippen molar-refractivity contribution in [3.63, 3.8) is 0 Å². The van der Waals surface area contributed by atoms with Gasteiger partial charge in [-0.05, 0) is 95.7 Å². The SMILES string of the molecule is Cc1noc(C)c1CCN[C@@H](CCCN1CCC(C)CC1)c1ccc(F)cc1. The van der Waals surface area contributed by atoms with Crippen LogP contribution in [0.3, 0.4) is 0 Å². The second-order valence-electron chi connectivity index (χ2n) is 8.28. The maximum absolute atomic E-state index is 13.4. The van der Waals surface area contributed by atoms with Gasteiger partial charge in [0.15, 0.2) is 0 Å². The van der Waals surface area contributed by atoms with Gasteiger partial charge in [-0.2, -0.15) is 0 Å². The first-order chi connectivity index (χ1) is 13.5. The summed E-state index contributed by atoms with van der Waals surface area (Å²) >= 11 is 0. The minimum Gasteiger partial charge on any atom is -0.361 e. The summed E-state index contributed by atoms with van der Waals surface area (Å²) in [4.78, 5) is 2.59. The Hall–Kier alpha value is -1.72. The van der Waals surface area contributed by atoms with Crippen molar-refractivity contribution in [1.82, 2.24) is 15.4 Å². The Bertz CT molecular complexity index is 700. The summed E-state index contributed by atoms with van der Waals surface area (Å²) in [6, 6.07) is 7.18. The number of piperidine rings is 1. The number of nitrogens with zero attached hydrogens (tertiary/aromatic N) is 2. The largest absolute Gasteiger partial charge is 0.361 e. The Labute approximate surface area is 168 Å². The fraction of sp³-hybridized carbons (Fsp3) is 0.609. The number of benzene rings is 1. The highest BCUT2D eigenvalue weighted by atomic mass is 19.1. The lowest BCUT2D eigenvalue weighted by molar-refractivity contribution is 0.187. The number of nitrogens with one attached hydrogen (secondary N) is 1. The molecule has 1 aliphatic rings. The third-order valence-corrected chi connectivity index (χ3v) is 6.06. The molecule has 0 unspecified atom stereocenters. The predicted octanol–water partition coefficient (Wildman–Crippen LogP) is 4.82. The van der Waals surface area contributed by atoms with Crippen LogP contribution in [0.4, 0.5) is 4.39 Å². The lowest BCUT2D eigenvalue weighted by atomic mass is 9.98. The lowest BCUT2D eigenvalue weighted by Crippen LogP contribution is -2.34. The van der Waals surface area contributed by atoms with E-state index in [1.165, 1.54) is 31.5 Å². The summed E-state index contributed by atoms with van der Waals surface area (Å²) in [5.41, 5.74) is 3.32. The molecule has 2 aromatic rings. The summed E-state index contributed by atoms with van der Waals surface area (Å²) in [6.45, 7) is 10.8. The zero-order chi connectivity index (χ0) is 19.9. The van der Waals surface area contributed by atoms with Crippen LogP contribution in [0.2, 0.25) is 0 Å². The minimum absolute atomic E-state index is 0.180. The Morgan fingerprint density at radius 1 is 1.21 bits per heavy atom. The monoisotopic (exact) mass is 387 g/mol. The van der Waals surface area contributed by atoms with Crippen molar-refractivity contribution in [3.05, 3.63) is 52.7 Å². The molecule has 1 fully saturated rings. The van der Waals surface area contributed by atoms with Crippen LogP contribution >= 0.6 is 0 Å². The van der Waals surface area contributed by atoms with E-state index < -0.39 is 0 Å². The predicted molar refractivity (Wildman–Crippen MR) is 111 cm³/mol. The van der Waals surface area contributed by atoms with Gasteiger partial charge in [0.05, 0.1) is 5.69 Å². The van der Waals surface area contributed by atoms with Crippen molar-refractivity contribution < 1.29 is 8.91 Å². The van der Waals surface area contributed by atoms with Gasteiger partial charge in [-0.1, -0.05) is 24.2 Å². The maximum atomic E-state index is 13.4. The van der Waals surface area contributed by atoms with E-state index in [-0.39, 0.29) is 11.9 Å². The zero-order valence-corrected chi connectivity index (χ0v) is 17.5. The summed E-state index contributed by atoms with van der Waals surface area (Å²) < 4.78 is 18.6. The third kappa shape index (κ3) is 5.89. The molecule has 0 spiro atoms. The molecule has 4 nitrogen and oxygen atoms in total. The van der Waals surface area contributed by atoms with Crippen LogP contribution in [0.5, 0.6) is 0 Å². The van der Waals surface area contributed by atoms with Gasteiger partial charge in [-0.3, -0.25) is 0 Å². The van der Waals surface area contributed by atoms with Crippen LogP contribution in [0.1, 0.15) is 61.2 Å². The number of hydrogen-bond acceptors (Lipinski definition) is 4. The van der Waals surface area contributed by atoms with Gasteiger partial charge >= 0.3 is 0 Å². The lowest BCUT2D eigenvalue weighted by Gasteiger charge is -2.30. The summed E-state index contributed by atoms with van der Waals surface area (Å²) in [5.74, 6) is 1.59. The van der Waals surface area contributed by atoms with Gasteiger partial charge in [0, 0.05) is 11.6 Å². The van der Waals surface area contributed by atoms with Gasteiger partial charge in [0.1, 0.15) is 11.6 Å². The smallest absolute Gasteiger partial charge is 0.137 e.